The summed E-state index contributed by atoms with van der Waals surface area (Å²) in [4.78, 5) is 26.5. The summed E-state index contributed by atoms with van der Waals surface area (Å²) in [5, 5.41) is 9.74. The number of imide groups is 1. The van der Waals surface area contributed by atoms with Gasteiger partial charge in [0.05, 0.1) is 11.5 Å². The lowest BCUT2D eigenvalue weighted by atomic mass is 9.73. The molecule has 2 amide bonds. The molecule has 3 rings (SSSR count). The molecule has 1 aliphatic heterocycles. The van der Waals surface area contributed by atoms with E-state index in [-0.39, 0.29) is 23.3 Å². The number of rotatable bonds is 2. The molecule has 0 aromatic heterocycles. The molecule has 2 aliphatic carbocycles. The van der Waals surface area contributed by atoms with Crippen LogP contribution in [-0.2, 0) is 9.59 Å². The van der Waals surface area contributed by atoms with Crippen LogP contribution in [0.3, 0.4) is 0 Å². The fourth-order valence-electron chi connectivity index (χ4n) is 4.35. The molecule has 3 fully saturated rings. The van der Waals surface area contributed by atoms with Gasteiger partial charge in [-0.2, -0.15) is 0 Å². The Balaban J connectivity index is 1.67. The smallest absolute Gasteiger partial charge is 0.235 e. The maximum Gasteiger partial charge on any atom is 0.235 e. The normalized spacial score (nSPS) is 34.0. The lowest BCUT2D eigenvalue weighted by Crippen LogP contribution is -2.40. The van der Waals surface area contributed by atoms with E-state index in [1.165, 1.54) is 11.3 Å². The Kier molecular flexibility index (Phi) is 3.85. The van der Waals surface area contributed by atoms with Crippen molar-refractivity contribution >= 4 is 11.8 Å². The largest absolute Gasteiger partial charge is 0.393 e. The maximum atomic E-state index is 12.7. The number of hydrogen-bond acceptors (Lipinski definition) is 3. The highest BCUT2D eigenvalue weighted by atomic mass is 16.3. The van der Waals surface area contributed by atoms with Gasteiger partial charge in [-0.15, -0.1) is 0 Å². The van der Waals surface area contributed by atoms with Crippen LogP contribution in [0.4, 0.5) is 0 Å². The molecule has 1 spiro atoms. The third kappa shape index (κ3) is 2.50. The van der Waals surface area contributed by atoms with Gasteiger partial charge in [-0.1, -0.05) is 25.7 Å². The zero-order valence-corrected chi connectivity index (χ0v) is 12.1. The van der Waals surface area contributed by atoms with E-state index in [1.54, 1.807) is 0 Å². The molecule has 0 aromatic carbocycles. The van der Waals surface area contributed by atoms with E-state index >= 15 is 0 Å². The Bertz CT molecular complexity index is 401. The van der Waals surface area contributed by atoms with Crippen molar-refractivity contribution < 1.29 is 14.7 Å². The number of aliphatic hydroxyl groups is 1. The molecule has 4 nitrogen and oxygen atoms in total. The van der Waals surface area contributed by atoms with Gasteiger partial charge in [-0.05, 0) is 38.0 Å². The topological polar surface area (TPSA) is 57.6 Å². The number of hydrogen-bond donors (Lipinski definition) is 1. The second kappa shape index (κ2) is 5.47. The summed E-state index contributed by atoms with van der Waals surface area (Å²) in [6, 6.07) is 0. The summed E-state index contributed by atoms with van der Waals surface area (Å²) in [5.41, 5.74) is -0.359. The first-order valence-corrected chi connectivity index (χ1v) is 8.14. The van der Waals surface area contributed by atoms with E-state index in [0.29, 0.717) is 18.9 Å². The molecule has 0 radical (unpaired) electrons. The first-order valence-electron chi connectivity index (χ1n) is 8.14. The number of carbonyl (C=O) groups excluding carboxylic acids is 2. The highest BCUT2D eigenvalue weighted by molar-refractivity contribution is 6.05. The van der Waals surface area contributed by atoms with Crippen LogP contribution in [0.15, 0.2) is 0 Å². The third-order valence-electron chi connectivity index (χ3n) is 5.50. The number of carbonyl (C=O) groups is 2. The van der Waals surface area contributed by atoms with Crippen molar-refractivity contribution in [2.24, 2.45) is 11.3 Å². The second-order valence-corrected chi connectivity index (χ2v) is 7.01. The van der Waals surface area contributed by atoms with Crippen molar-refractivity contribution in [2.45, 2.75) is 70.3 Å². The Morgan fingerprint density at radius 1 is 1.10 bits per heavy atom. The summed E-state index contributed by atoms with van der Waals surface area (Å²) in [6.07, 6.45) is 8.96. The van der Waals surface area contributed by atoms with Crippen LogP contribution in [0.25, 0.3) is 0 Å². The van der Waals surface area contributed by atoms with E-state index in [9.17, 15) is 14.7 Å². The first-order chi connectivity index (χ1) is 9.61. The van der Waals surface area contributed by atoms with Crippen LogP contribution in [0, 0.1) is 11.3 Å². The molecule has 1 saturated heterocycles. The van der Waals surface area contributed by atoms with Gasteiger partial charge in [0.2, 0.25) is 11.8 Å². The van der Waals surface area contributed by atoms with Crippen molar-refractivity contribution in [3.8, 4) is 0 Å². The van der Waals surface area contributed by atoms with Crippen LogP contribution in [0.1, 0.15) is 64.2 Å². The molecule has 1 heterocycles. The predicted octanol–water partition coefficient (Wildman–Crippen LogP) is 2.25. The molecule has 4 heteroatoms. The Hall–Kier alpha value is -0.900. The van der Waals surface area contributed by atoms with E-state index in [4.69, 9.17) is 0 Å². The second-order valence-electron chi connectivity index (χ2n) is 7.01. The van der Waals surface area contributed by atoms with Crippen LogP contribution in [0.5, 0.6) is 0 Å². The molecule has 2 atom stereocenters. The van der Waals surface area contributed by atoms with Gasteiger partial charge in [0.25, 0.3) is 0 Å². The van der Waals surface area contributed by atoms with Gasteiger partial charge in [0, 0.05) is 13.0 Å². The molecule has 2 unspecified atom stereocenters. The molecule has 0 bridgehead atoms. The standard InChI is InChI=1S/C16H25NO3/c18-13-6-4-5-12(9-13)11-17-14(19)10-16(15(17)20)7-2-1-3-8-16/h12-13,18H,1-11H2. The average Bonchev–Trinajstić information content (AvgIpc) is 2.64. The van der Waals surface area contributed by atoms with Crippen molar-refractivity contribution in [3.05, 3.63) is 0 Å². The van der Waals surface area contributed by atoms with E-state index in [1.807, 2.05) is 0 Å². The highest BCUT2D eigenvalue weighted by Crippen LogP contribution is 2.45. The quantitative estimate of drug-likeness (QED) is 0.789. The molecule has 2 saturated carbocycles. The van der Waals surface area contributed by atoms with Crippen LogP contribution in [-0.4, -0.2) is 34.5 Å². The van der Waals surface area contributed by atoms with Crippen LogP contribution in [0.2, 0.25) is 0 Å². The van der Waals surface area contributed by atoms with Gasteiger partial charge in [-0.3, -0.25) is 14.5 Å². The average molecular weight is 279 g/mol. The third-order valence-corrected chi connectivity index (χ3v) is 5.50. The minimum absolute atomic E-state index is 0.0250. The zero-order valence-electron chi connectivity index (χ0n) is 12.1. The van der Waals surface area contributed by atoms with Crippen molar-refractivity contribution in [3.63, 3.8) is 0 Å². The summed E-state index contributed by atoms with van der Waals surface area (Å²) in [5.74, 6) is 0.407. The minimum Gasteiger partial charge on any atom is -0.393 e. The number of amides is 2. The van der Waals surface area contributed by atoms with E-state index in [0.717, 1.165) is 51.4 Å². The molecule has 20 heavy (non-hydrogen) atoms. The van der Waals surface area contributed by atoms with Gasteiger partial charge in [-0.25, -0.2) is 0 Å². The SMILES string of the molecule is O=C1CC2(CCCCC2)C(=O)N1CC1CCCC(O)C1. The molecular weight excluding hydrogens is 254 g/mol. The first kappa shape index (κ1) is 14.1. The van der Waals surface area contributed by atoms with Crippen molar-refractivity contribution in [2.75, 3.05) is 6.54 Å². The molecule has 112 valence electrons. The number of aliphatic hydroxyl groups excluding tert-OH is 1. The van der Waals surface area contributed by atoms with Gasteiger partial charge in [0.15, 0.2) is 0 Å². The maximum absolute atomic E-state index is 12.7. The summed E-state index contributed by atoms with van der Waals surface area (Å²) in [7, 11) is 0. The fraction of sp³-hybridized carbons (Fsp3) is 0.875. The van der Waals surface area contributed by atoms with Gasteiger partial charge in [0.1, 0.15) is 0 Å². The Morgan fingerprint density at radius 2 is 1.85 bits per heavy atom. The fourth-order valence-corrected chi connectivity index (χ4v) is 4.35. The molecule has 3 aliphatic rings. The lowest BCUT2D eigenvalue weighted by Gasteiger charge is -2.32. The molecule has 0 aromatic rings. The van der Waals surface area contributed by atoms with Crippen molar-refractivity contribution in [1.82, 2.24) is 4.90 Å². The molecule has 1 N–H and O–H groups in total. The summed E-state index contributed by atoms with van der Waals surface area (Å²) in [6.45, 7) is 0.538. The van der Waals surface area contributed by atoms with E-state index in [2.05, 4.69) is 0 Å². The Morgan fingerprint density at radius 3 is 2.55 bits per heavy atom. The number of nitrogens with zero attached hydrogens (tertiary/aromatic N) is 1. The zero-order chi connectivity index (χ0) is 14.2. The van der Waals surface area contributed by atoms with Gasteiger partial charge >= 0.3 is 0 Å². The van der Waals surface area contributed by atoms with Crippen LogP contribution >= 0.6 is 0 Å². The van der Waals surface area contributed by atoms with Crippen LogP contribution < -0.4 is 0 Å². The van der Waals surface area contributed by atoms with E-state index < -0.39 is 0 Å². The van der Waals surface area contributed by atoms with Gasteiger partial charge < -0.3 is 5.11 Å². The monoisotopic (exact) mass is 279 g/mol. The summed E-state index contributed by atoms with van der Waals surface area (Å²) < 4.78 is 0. The molecular formula is C16H25NO3. The predicted molar refractivity (Wildman–Crippen MR) is 74.8 cm³/mol. The van der Waals surface area contributed by atoms with Crippen molar-refractivity contribution in [1.29, 1.82) is 0 Å². The summed E-state index contributed by atoms with van der Waals surface area (Å²) >= 11 is 0. The highest BCUT2D eigenvalue weighted by Gasteiger charge is 2.51. The number of likely N-dealkylation sites (tertiary alicyclic amines) is 1. The Labute approximate surface area is 120 Å². The minimum atomic E-state index is -0.359. The lowest BCUT2D eigenvalue weighted by molar-refractivity contribution is -0.143.